The fraction of sp³-hybridized carbons (Fsp3) is 0.400. The van der Waals surface area contributed by atoms with Crippen LogP contribution in [0, 0.1) is 0 Å². The van der Waals surface area contributed by atoms with Gasteiger partial charge in [-0.15, -0.1) is 0 Å². The maximum absolute atomic E-state index is 5.81. The highest BCUT2D eigenvalue weighted by Gasteiger charge is 2.15. The molecule has 0 aliphatic carbocycles. The van der Waals surface area contributed by atoms with E-state index in [-0.39, 0.29) is 6.17 Å². The van der Waals surface area contributed by atoms with E-state index in [1.54, 1.807) is 0 Å². The van der Waals surface area contributed by atoms with Crippen molar-refractivity contribution in [2.75, 3.05) is 24.5 Å². The number of para-hydroxylation sites is 1. The summed E-state index contributed by atoms with van der Waals surface area (Å²) in [5, 5.41) is 3.22. The van der Waals surface area contributed by atoms with Gasteiger partial charge in [-0.25, -0.2) is 0 Å². The van der Waals surface area contributed by atoms with E-state index in [2.05, 4.69) is 34.5 Å². The molecule has 1 saturated heterocycles. The summed E-state index contributed by atoms with van der Waals surface area (Å²) >= 11 is 0. The van der Waals surface area contributed by atoms with Crippen molar-refractivity contribution in [3.05, 3.63) is 30.3 Å². The fourth-order valence-electron chi connectivity index (χ4n) is 1.65. The van der Waals surface area contributed by atoms with Crippen molar-refractivity contribution in [1.82, 2.24) is 5.32 Å². The Hall–Kier alpha value is -1.06. The Balaban J connectivity index is 2.08. The Morgan fingerprint density at radius 2 is 2.08 bits per heavy atom. The molecule has 0 amide bonds. The number of rotatable bonds is 1. The number of benzene rings is 1. The number of piperazine rings is 1. The van der Waals surface area contributed by atoms with Crippen LogP contribution in [0.5, 0.6) is 0 Å². The zero-order chi connectivity index (χ0) is 9.10. The van der Waals surface area contributed by atoms with Gasteiger partial charge in [-0.1, -0.05) is 18.2 Å². The zero-order valence-electron chi connectivity index (χ0n) is 7.61. The summed E-state index contributed by atoms with van der Waals surface area (Å²) in [5.41, 5.74) is 7.07. The smallest absolute Gasteiger partial charge is 0.0727 e. The summed E-state index contributed by atoms with van der Waals surface area (Å²) < 4.78 is 0. The van der Waals surface area contributed by atoms with Gasteiger partial charge < -0.3 is 10.6 Å². The van der Waals surface area contributed by atoms with Crippen LogP contribution in [-0.4, -0.2) is 25.8 Å². The quantitative estimate of drug-likeness (QED) is 0.651. The number of hydrogen-bond donors (Lipinski definition) is 2. The van der Waals surface area contributed by atoms with Gasteiger partial charge in [0.05, 0.1) is 6.17 Å². The van der Waals surface area contributed by atoms with Gasteiger partial charge in [-0.05, 0) is 12.1 Å². The molecule has 1 aromatic carbocycles. The predicted octanol–water partition coefficient (Wildman–Crippen LogP) is 0.381. The molecule has 1 fully saturated rings. The van der Waals surface area contributed by atoms with Crippen LogP contribution in [0.3, 0.4) is 0 Å². The number of hydrogen-bond acceptors (Lipinski definition) is 3. The number of nitrogens with two attached hydrogens (primary N) is 1. The SMILES string of the molecule is NC1CN(c2ccccc2)CCN1. The molecule has 1 aliphatic rings. The summed E-state index contributed by atoms with van der Waals surface area (Å²) in [5.74, 6) is 0. The highest BCUT2D eigenvalue weighted by molar-refractivity contribution is 5.46. The lowest BCUT2D eigenvalue weighted by atomic mass is 10.2. The van der Waals surface area contributed by atoms with Gasteiger partial charge in [0.2, 0.25) is 0 Å². The zero-order valence-corrected chi connectivity index (χ0v) is 7.61. The third-order valence-corrected chi connectivity index (χ3v) is 2.33. The van der Waals surface area contributed by atoms with Crippen LogP contribution in [0.4, 0.5) is 5.69 Å². The van der Waals surface area contributed by atoms with Gasteiger partial charge in [0.1, 0.15) is 0 Å². The summed E-state index contributed by atoms with van der Waals surface area (Å²) in [7, 11) is 0. The molecule has 0 spiro atoms. The molecule has 1 unspecified atom stereocenters. The monoisotopic (exact) mass is 177 g/mol. The minimum absolute atomic E-state index is 0.106. The first kappa shape index (κ1) is 8.53. The van der Waals surface area contributed by atoms with Crippen molar-refractivity contribution in [1.29, 1.82) is 0 Å². The van der Waals surface area contributed by atoms with E-state index in [0.717, 1.165) is 19.6 Å². The average molecular weight is 177 g/mol. The molecule has 3 heteroatoms. The Morgan fingerprint density at radius 3 is 2.77 bits per heavy atom. The summed E-state index contributed by atoms with van der Waals surface area (Å²) in [6.07, 6.45) is 0.106. The molecule has 2 rings (SSSR count). The van der Waals surface area contributed by atoms with Crippen molar-refractivity contribution < 1.29 is 0 Å². The molecule has 0 saturated carbocycles. The topological polar surface area (TPSA) is 41.3 Å². The second-order valence-electron chi connectivity index (χ2n) is 3.34. The molecular weight excluding hydrogens is 162 g/mol. The molecular formula is C10H15N3. The average Bonchev–Trinajstić information content (AvgIpc) is 2.19. The van der Waals surface area contributed by atoms with E-state index in [4.69, 9.17) is 5.73 Å². The number of nitrogens with zero attached hydrogens (tertiary/aromatic N) is 1. The molecule has 1 aromatic rings. The normalized spacial score (nSPS) is 23.2. The van der Waals surface area contributed by atoms with Crippen LogP contribution >= 0.6 is 0 Å². The van der Waals surface area contributed by atoms with Gasteiger partial charge >= 0.3 is 0 Å². The Kier molecular flexibility index (Phi) is 2.47. The summed E-state index contributed by atoms with van der Waals surface area (Å²) in [6.45, 7) is 2.90. The molecule has 3 N–H and O–H groups in total. The third-order valence-electron chi connectivity index (χ3n) is 2.33. The van der Waals surface area contributed by atoms with Crippen molar-refractivity contribution in [3.8, 4) is 0 Å². The van der Waals surface area contributed by atoms with E-state index in [9.17, 15) is 0 Å². The van der Waals surface area contributed by atoms with Crippen LogP contribution in [0.25, 0.3) is 0 Å². The lowest BCUT2D eigenvalue weighted by Gasteiger charge is -2.33. The van der Waals surface area contributed by atoms with Crippen LogP contribution in [0.1, 0.15) is 0 Å². The number of anilines is 1. The molecule has 0 bridgehead atoms. The van der Waals surface area contributed by atoms with Crippen LogP contribution in [0.15, 0.2) is 30.3 Å². The minimum Gasteiger partial charge on any atom is -0.367 e. The molecule has 1 atom stereocenters. The summed E-state index contributed by atoms with van der Waals surface area (Å²) in [6, 6.07) is 10.4. The molecule has 1 heterocycles. The molecule has 70 valence electrons. The lowest BCUT2D eigenvalue weighted by Crippen LogP contribution is -2.55. The van der Waals surface area contributed by atoms with Crippen molar-refractivity contribution >= 4 is 5.69 Å². The molecule has 0 radical (unpaired) electrons. The highest BCUT2D eigenvalue weighted by Crippen LogP contribution is 2.13. The Bertz CT molecular complexity index is 260. The molecule has 1 aliphatic heterocycles. The second kappa shape index (κ2) is 3.77. The Labute approximate surface area is 78.5 Å². The maximum Gasteiger partial charge on any atom is 0.0727 e. The van der Waals surface area contributed by atoms with Crippen LogP contribution in [-0.2, 0) is 0 Å². The van der Waals surface area contributed by atoms with Crippen molar-refractivity contribution in [2.45, 2.75) is 6.17 Å². The maximum atomic E-state index is 5.81. The third kappa shape index (κ3) is 1.99. The van der Waals surface area contributed by atoms with Gasteiger partial charge in [0.15, 0.2) is 0 Å². The Morgan fingerprint density at radius 1 is 1.31 bits per heavy atom. The number of nitrogens with one attached hydrogen (secondary N) is 1. The van der Waals surface area contributed by atoms with Crippen molar-refractivity contribution in [2.24, 2.45) is 5.73 Å². The van der Waals surface area contributed by atoms with E-state index >= 15 is 0 Å². The summed E-state index contributed by atoms with van der Waals surface area (Å²) in [4.78, 5) is 2.31. The van der Waals surface area contributed by atoms with E-state index in [0.29, 0.717) is 0 Å². The van der Waals surface area contributed by atoms with Crippen LogP contribution < -0.4 is 16.0 Å². The fourth-order valence-corrected chi connectivity index (χ4v) is 1.65. The van der Waals surface area contributed by atoms with Gasteiger partial charge in [-0.3, -0.25) is 5.32 Å². The lowest BCUT2D eigenvalue weighted by molar-refractivity contribution is 0.469. The van der Waals surface area contributed by atoms with E-state index in [1.165, 1.54) is 5.69 Å². The highest BCUT2D eigenvalue weighted by atomic mass is 15.2. The first-order valence-corrected chi connectivity index (χ1v) is 4.65. The first-order valence-electron chi connectivity index (χ1n) is 4.65. The standard InChI is InChI=1S/C10H15N3/c11-10-8-13(7-6-12-10)9-4-2-1-3-5-9/h1-5,10,12H,6-8,11H2. The van der Waals surface area contributed by atoms with Gasteiger partial charge in [-0.2, -0.15) is 0 Å². The largest absolute Gasteiger partial charge is 0.367 e. The molecule has 3 nitrogen and oxygen atoms in total. The predicted molar refractivity (Wildman–Crippen MR) is 54.6 cm³/mol. The minimum atomic E-state index is 0.106. The van der Waals surface area contributed by atoms with Gasteiger partial charge in [0.25, 0.3) is 0 Å². The molecule has 13 heavy (non-hydrogen) atoms. The van der Waals surface area contributed by atoms with Crippen molar-refractivity contribution in [3.63, 3.8) is 0 Å². The second-order valence-corrected chi connectivity index (χ2v) is 3.34. The van der Waals surface area contributed by atoms with Crippen LogP contribution in [0.2, 0.25) is 0 Å². The molecule has 0 aromatic heterocycles. The van der Waals surface area contributed by atoms with E-state index in [1.807, 2.05) is 6.07 Å². The first-order chi connectivity index (χ1) is 6.36. The van der Waals surface area contributed by atoms with Gasteiger partial charge in [0, 0.05) is 25.3 Å². The van der Waals surface area contributed by atoms with E-state index < -0.39 is 0 Å².